The Kier molecular flexibility index (Phi) is 4.48. The number of ketones is 1. The van der Waals surface area contributed by atoms with E-state index in [1.165, 1.54) is 27.2 Å². The van der Waals surface area contributed by atoms with E-state index >= 15 is 0 Å². The van der Waals surface area contributed by atoms with Gasteiger partial charge in [0.1, 0.15) is 0 Å². The Balaban J connectivity index is 3.37. The van der Waals surface area contributed by atoms with Crippen molar-refractivity contribution in [1.29, 1.82) is 0 Å². The highest BCUT2D eigenvalue weighted by Crippen LogP contribution is 2.32. The Labute approximate surface area is 105 Å². The molecule has 1 rings (SSSR count). The minimum Gasteiger partial charge on any atom is -0.493 e. The second-order valence-corrected chi connectivity index (χ2v) is 3.56. The molecule has 18 heavy (non-hydrogen) atoms. The third-order valence-corrected chi connectivity index (χ3v) is 2.38. The van der Waals surface area contributed by atoms with Crippen molar-refractivity contribution < 1.29 is 19.1 Å². The second kappa shape index (κ2) is 5.86. The van der Waals surface area contributed by atoms with Crippen LogP contribution in [-0.2, 0) is 9.59 Å². The average molecular weight is 249 g/mol. The summed E-state index contributed by atoms with van der Waals surface area (Å²) in [4.78, 5) is 22.5. The number of primary amides is 1. The molecule has 0 aromatic heterocycles. The van der Waals surface area contributed by atoms with Crippen LogP contribution in [0.5, 0.6) is 11.5 Å². The molecular formula is C13H15NO4. The van der Waals surface area contributed by atoms with Crippen LogP contribution in [-0.4, -0.2) is 25.9 Å². The van der Waals surface area contributed by atoms with E-state index in [2.05, 4.69) is 0 Å². The smallest absolute Gasteiger partial charge is 0.252 e. The van der Waals surface area contributed by atoms with Gasteiger partial charge in [-0.05, 0) is 19.1 Å². The summed E-state index contributed by atoms with van der Waals surface area (Å²) in [6.45, 7) is 1.28. The molecule has 0 spiro atoms. The van der Waals surface area contributed by atoms with Crippen LogP contribution in [0.2, 0.25) is 0 Å². The summed E-state index contributed by atoms with van der Waals surface area (Å²) >= 11 is 0. The monoisotopic (exact) mass is 249 g/mol. The highest BCUT2D eigenvalue weighted by molar-refractivity contribution is 6.21. The molecule has 0 fully saturated rings. The van der Waals surface area contributed by atoms with Crippen LogP contribution >= 0.6 is 0 Å². The number of para-hydroxylation sites is 1. The van der Waals surface area contributed by atoms with Crippen molar-refractivity contribution in [2.75, 3.05) is 14.2 Å². The third-order valence-electron chi connectivity index (χ3n) is 2.38. The molecule has 0 aliphatic carbocycles. The summed E-state index contributed by atoms with van der Waals surface area (Å²) in [5.41, 5.74) is 5.62. The van der Waals surface area contributed by atoms with Crippen LogP contribution in [0, 0.1) is 0 Å². The molecule has 0 atom stereocenters. The maximum Gasteiger partial charge on any atom is 0.252 e. The maximum absolute atomic E-state index is 11.3. The SMILES string of the molecule is COc1cccc(/C=C(/C(C)=O)C(N)=O)c1OC. The fourth-order valence-corrected chi connectivity index (χ4v) is 1.53. The van der Waals surface area contributed by atoms with Crippen LogP contribution in [0.4, 0.5) is 0 Å². The molecule has 0 saturated carbocycles. The molecule has 0 unspecified atom stereocenters. The molecule has 1 aromatic rings. The van der Waals surface area contributed by atoms with Gasteiger partial charge in [-0.2, -0.15) is 0 Å². The van der Waals surface area contributed by atoms with Gasteiger partial charge in [-0.25, -0.2) is 0 Å². The summed E-state index contributed by atoms with van der Waals surface area (Å²) in [6, 6.07) is 5.15. The van der Waals surface area contributed by atoms with E-state index < -0.39 is 11.7 Å². The van der Waals surface area contributed by atoms with Crippen LogP contribution in [0.3, 0.4) is 0 Å². The van der Waals surface area contributed by atoms with E-state index in [9.17, 15) is 9.59 Å². The number of hydrogen-bond acceptors (Lipinski definition) is 4. The van der Waals surface area contributed by atoms with Crippen molar-refractivity contribution in [3.63, 3.8) is 0 Å². The van der Waals surface area contributed by atoms with E-state index in [0.29, 0.717) is 17.1 Å². The first kappa shape index (κ1) is 13.8. The van der Waals surface area contributed by atoms with E-state index in [-0.39, 0.29) is 5.57 Å². The predicted octanol–water partition coefficient (Wildman–Crippen LogP) is 1.16. The van der Waals surface area contributed by atoms with E-state index in [1.807, 2.05) is 0 Å². The van der Waals surface area contributed by atoms with Crippen molar-refractivity contribution in [2.45, 2.75) is 6.92 Å². The number of amides is 1. The predicted molar refractivity (Wildman–Crippen MR) is 67.4 cm³/mol. The normalized spacial score (nSPS) is 10.9. The largest absolute Gasteiger partial charge is 0.493 e. The van der Waals surface area contributed by atoms with E-state index in [4.69, 9.17) is 15.2 Å². The number of benzene rings is 1. The number of carbonyl (C=O) groups excluding carboxylic acids is 2. The number of carbonyl (C=O) groups is 2. The zero-order valence-electron chi connectivity index (χ0n) is 10.5. The highest BCUT2D eigenvalue weighted by Gasteiger charge is 2.14. The van der Waals surface area contributed by atoms with Gasteiger partial charge in [0, 0.05) is 5.56 Å². The van der Waals surface area contributed by atoms with Gasteiger partial charge in [0.25, 0.3) is 5.91 Å². The quantitative estimate of drug-likeness (QED) is 0.482. The topological polar surface area (TPSA) is 78.6 Å². The Morgan fingerprint density at radius 1 is 1.22 bits per heavy atom. The van der Waals surface area contributed by atoms with Crippen LogP contribution in [0.1, 0.15) is 12.5 Å². The molecule has 2 N–H and O–H groups in total. The van der Waals surface area contributed by atoms with Gasteiger partial charge in [-0.1, -0.05) is 12.1 Å². The molecule has 1 amide bonds. The average Bonchev–Trinajstić information content (AvgIpc) is 2.34. The number of ether oxygens (including phenoxy) is 2. The molecular weight excluding hydrogens is 234 g/mol. The molecule has 0 heterocycles. The molecule has 1 aromatic carbocycles. The van der Waals surface area contributed by atoms with Crippen molar-refractivity contribution >= 4 is 17.8 Å². The number of Topliss-reactive ketones (excluding diaryl/α,β-unsaturated/α-hetero) is 1. The van der Waals surface area contributed by atoms with Gasteiger partial charge in [-0.15, -0.1) is 0 Å². The summed E-state index contributed by atoms with van der Waals surface area (Å²) < 4.78 is 10.3. The summed E-state index contributed by atoms with van der Waals surface area (Å²) in [5.74, 6) is -0.210. The molecule has 0 bridgehead atoms. The number of methoxy groups -OCH3 is 2. The lowest BCUT2D eigenvalue weighted by Gasteiger charge is -2.10. The molecule has 0 saturated heterocycles. The molecule has 5 nitrogen and oxygen atoms in total. The number of rotatable bonds is 5. The second-order valence-electron chi connectivity index (χ2n) is 3.56. The lowest BCUT2D eigenvalue weighted by Crippen LogP contribution is -2.18. The van der Waals surface area contributed by atoms with Crippen molar-refractivity contribution in [1.82, 2.24) is 0 Å². The zero-order valence-corrected chi connectivity index (χ0v) is 10.5. The van der Waals surface area contributed by atoms with Crippen LogP contribution in [0.15, 0.2) is 23.8 Å². The minimum absolute atomic E-state index is 0.0819. The summed E-state index contributed by atoms with van der Waals surface area (Å²) in [6.07, 6.45) is 1.39. The summed E-state index contributed by atoms with van der Waals surface area (Å²) in [7, 11) is 2.98. The van der Waals surface area contributed by atoms with Gasteiger partial charge in [0.15, 0.2) is 17.3 Å². The van der Waals surface area contributed by atoms with Crippen molar-refractivity contribution in [3.05, 3.63) is 29.3 Å². The fraction of sp³-hybridized carbons (Fsp3) is 0.231. The minimum atomic E-state index is -0.771. The Hall–Kier alpha value is -2.30. The first-order chi connectivity index (χ1) is 8.51. The summed E-state index contributed by atoms with van der Waals surface area (Å²) in [5, 5.41) is 0. The van der Waals surface area contributed by atoms with Gasteiger partial charge in [0.05, 0.1) is 19.8 Å². The van der Waals surface area contributed by atoms with Gasteiger partial charge >= 0.3 is 0 Å². The van der Waals surface area contributed by atoms with Gasteiger partial charge in [-0.3, -0.25) is 9.59 Å². The Morgan fingerprint density at radius 3 is 2.33 bits per heavy atom. The third kappa shape index (κ3) is 2.88. The van der Waals surface area contributed by atoms with Crippen LogP contribution in [0.25, 0.3) is 6.08 Å². The highest BCUT2D eigenvalue weighted by atomic mass is 16.5. The number of hydrogen-bond donors (Lipinski definition) is 1. The maximum atomic E-state index is 11.3. The lowest BCUT2D eigenvalue weighted by atomic mass is 10.1. The standard InChI is InChI=1S/C13H15NO4/c1-8(15)10(13(14)16)7-9-5-4-6-11(17-2)12(9)18-3/h4-7H,1-3H3,(H2,14,16)/b10-7-. The molecule has 5 heteroatoms. The van der Waals surface area contributed by atoms with E-state index in [0.717, 1.165) is 0 Å². The zero-order chi connectivity index (χ0) is 13.7. The molecule has 0 radical (unpaired) electrons. The molecule has 96 valence electrons. The van der Waals surface area contributed by atoms with Crippen molar-refractivity contribution in [2.24, 2.45) is 5.73 Å². The Bertz CT molecular complexity index is 490. The van der Waals surface area contributed by atoms with E-state index in [1.54, 1.807) is 18.2 Å². The van der Waals surface area contributed by atoms with Crippen LogP contribution < -0.4 is 15.2 Å². The first-order valence-corrected chi connectivity index (χ1v) is 5.24. The molecule has 0 aliphatic rings. The van der Waals surface area contributed by atoms with Gasteiger partial charge in [0.2, 0.25) is 0 Å². The van der Waals surface area contributed by atoms with Gasteiger partial charge < -0.3 is 15.2 Å². The number of nitrogens with two attached hydrogens (primary N) is 1. The van der Waals surface area contributed by atoms with Crippen molar-refractivity contribution in [3.8, 4) is 11.5 Å². The lowest BCUT2D eigenvalue weighted by molar-refractivity contribution is -0.119. The molecule has 0 aliphatic heterocycles. The Morgan fingerprint density at radius 2 is 1.89 bits per heavy atom. The first-order valence-electron chi connectivity index (χ1n) is 5.24. The fourth-order valence-electron chi connectivity index (χ4n) is 1.53.